The molecule has 0 aliphatic heterocycles. The maximum absolute atomic E-state index is 12.2. The third-order valence-corrected chi connectivity index (χ3v) is 5.51. The van der Waals surface area contributed by atoms with Gasteiger partial charge in [0, 0.05) is 33.3 Å². The Morgan fingerprint density at radius 3 is 2.63 bits per heavy atom. The number of sulfonamides is 1. The van der Waals surface area contributed by atoms with Crippen LogP contribution >= 0.6 is 24.0 Å². The van der Waals surface area contributed by atoms with Gasteiger partial charge in [0.25, 0.3) is 0 Å². The summed E-state index contributed by atoms with van der Waals surface area (Å²) >= 11 is 0. The molecule has 27 heavy (non-hydrogen) atoms. The van der Waals surface area contributed by atoms with Gasteiger partial charge in [-0.2, -0.15) is 0 Å². The van der Waals surface area contributed by atoms with Crippen LogP contribution in [-0.2, 0) is 14.8 Å². The van der Waals surface area contributed by atoms with Crippen LogP contribution in [0.3, 0.4) is 0 Å². The fourth-order valence-electron chi connectivity index (χ4n) is 2.34. The average molecular weight is 510 g/mol. The van der Waals surface area contributed by atoms with Gasteiger partial charge in [-0.25, -0.2) is 13.1 Å². The molecule has 0 amide bonds. The summed E-state index contributed by atoms with van der Waals surface area (Å²) in [4.78, 5) is 6.75. The normalized spacial score (nSPS) is 14.5. The number of likely N-dealkylation sites (N-methyl/N-ethyl adjacent to an activating group) is 1. The molecule has 0 spiro atoms. The molecule has 0 saturated heterocycles. The molecule has 1 saturated carbocycles. The molecule has 1 aliphatic rings. The van der Waals surface area contributed by atoms with Crippen molar-refractivity contribution in [2.45, 2.75) is 24.7 Å². The van der Waals surface area contributed by atoms with Crippen molar-refractivity contribution < 1.29 is 13.2 Å². The summed E-state index contributed by atoms with van der Waals surface area (Å²) in [5.41, 5.74) is 0. The summed E-state index contributed by atoms with van der Waals surface area (Å²) in [6, 6.07) is 8.35. The highest BCUT2D eigenvalue weighted by Gasteiger charge is 2.21. The van der Waals surface area contributed by atoms with Gasteiger partial charge >= 0.3 is 0 Å². The Labute approximate surface area is 180 Å². The Bertz CT molecular complexity index is 666. The standard InChI is InChI=1S/C18H30N4O3S.HI/c1-3-19-18(22(2)13-14-25-15-16-9-10-16)20-11-12-21-26(23,24)17-7-5-4-6-8-17;/h4-8,16,21H,3,9-15H2,1-2H3,(H,19,20);1H. The van der Waals surface area contributed by atoms with Crippen molar-refractivity contribution >= 4 is 40.0 Å². The van der Waals surface area contributed by atoms with Gasteiger partial charge in [-0.05, 0) is 37.8 Å². The molecule has 154 valence electrons. The minimum Gasteiger partial charge on any atom is -0.379 e. The predicted octanol–water partition coefficient (Wildman–Crippen LogP) is 1.91. The second kappa shape index (κ2) is 12.5. The van der Waals surface area contributed by atoms with E-state index in [0.717, 1.165) is 31.6 Å². The van der Waals surface area contributed by atoms with Gasteiger partial charge in [0.1, 0.15) is 0 Å². The molecule has 0 aromatic heterocycles. The fraction of sp³-hybridized carbons (Fsp3) is 0.611. The van der Waals surface area contributed by atoms with Crippen LogP contribution in [0.4, 0.5) is 0 Å². The molecule has 2 N–H and O–H groups in total. The number of hydrogen-bond acceptors (Lipinski definition) is 4. The van der Waals surface area contributed by atoms with E-state index in [-0.39, 0.29) is 35.4 Å². The van der Waals surface area contributed by atoms with Gasteiger partial charge in [0.05, 0.1) is 18.0 Å². The summed E-state index contributed by atoms with van der Waals surface area (Å²) in [5.74, 6) is 1.52. The van der Waals surface area contributed by atoms with Crippen molar-refractivity contribution in [3.63, 3.8) is 0 Å². The molecule has 7 nitrogen and oxygen atoms in total. The van der Waals surface area contributed by atoms with Gasteiger partial charge < -0.3 is 15.0 Å². The van der Waals surface area contributed by atoms with Crippen LogP contribution in [0.15, 0.2) is 40.2 Å². The van der Waals surface area contributed by atoms with Gasteiger partial charge in [-0.1, -0.05) is 18.2 Å². The van der Waals surface area contributed by atoms with Gasteiger partial charge in [-0.15, -0.1) is 24.0 Å². The molecule has 0 heterocycles. The highest BCUT2D eigenvalue weighted by atomic mass is 127. The van der Waals surface area contributed by atoms with E-state index in [1.807, 2.05) is 18.9 Å². The van der Waals surface area contributed by atoms with E-state index in [9.17, 15) is 8.42 Å². The van der Waals surface area contributed by atoms with Crippen LogP contribution in [0, 0.1) is 5.92 Å². The molecule has 1 aliphatic carbocycles. The Balaban J connectivity index is 0.00000364. The molecule has 0 atom stereocenters. The smallest absolute Gasteiger partial charge is 0.240 e. The van der Waals surface area contributed by atoms with Crippen molar-refractivity contribution in [2.75, 3.05) is 46.4 Å². The first-order chi connectivity index (χ1) is 12.5. The Hall–Kier alpha value is -0.910. The first-order valence-electron chi connectivity index (χ1n) is 9.15. The number of rotatable bonds is 11. The van der Waals surface area contributed by atoms with E-state index in [1.54, 1.807) is 30.3 Å². The summed E-state index contributed by atoms with van der Waals surface area (Å²) < 4.78 is 32.6. The molecule has 0 bridgehead atoms. The molecule has 1 aromatic carbocycles. The zero-order chi connectivity index (χ0) is 18.8. The maximum Gasteiger partial charge on any atom is 0.240 e. The Morgan fingerprint density at radius 1 is 1.30 bits per heavy atom. The minimum atomic E-state index is -3.48. The van der Waals surface area contributed by atoms with E-state index in [1.165, 1.54) is 12.8 Å². The van der Waals surface area contributed by atoms with Crippen LogP contribution < -0.4 is 10.0 Å². The second-order valence-corrected chi connectivity index (χ2v) is 8.15. The molecule has 0 unspecified atom stereocenters. The van der Waals surface area contributed by atoms with Crippen LogP contribution in [0.2, 0.25) is 0 Å². The summed E-state index contributed by atoms with van der Waals surface area (Å²) in [6.45, 7) is 5.63. The lowest BCUT2D eigenvalue weighted by Crippen LogP contribution is -2.41. The first-order valence-corrected chi connectivity index (χ1v) is 10.6. The van der Waals surface area contributed by atoms with Crippen LogP contribution in [0.1, 0.15) is 19.8 Å². The third-order valence-electron chi connectivity index (χ3n) is 4.04. The van der Waals surface area contributed by atoms with Crippen LogP contribution in [0.5, 0.6) is 0 Å². The van der Waals surface area contributed by atoms with E-state index in [0.29, 0.717) is 13.2 Å². The molecule has 0 radical (unpaired) electrons. The highest BCUT2D eigenvalue weighted by molar-refractivity contribution is 14.0. The largest absolute Gasteiger partial charge is 0.379 e. The SMILES string of the molecule is CCNC(=NCCNS(=O)(=O)c1ccccc1)N(C)CCOCC1CC1.I. The number of guanidine groups is 1. The van der Waals surface area contributed by atoms with E-state index < -0.39 is 10.0 Å². The zero-order valence-electron chi connectivity index (χ0n) is 16.1. The molecule has 2 rings (SSSR count). The number of hydrogen-bond donors (Lipinski definition) is 2. The minimum absolute atomic E-state index is 0. The molecule has 1 fully saturated rings. The molecular weight excluding hydrogens is 479 g/mol. The van der Waals surface area contributed by atoms with Crippen molar-refractivity contribution in [1.29, 1.82) is 0 Å². The van der Waals surface area contributed by atoms with Gasteiger partial charge in [-0.3, -0.25) is 4.99 Å². The summed E-state index contributed by atoms with van der Waals surface area (Å²) in [5, 5.41) is 3.22. The van der Waals surface area contributed by atoms with Gasteiger partial charge in [0.2, 0.25) is 10.0 Å². The first kappa shape index (κ1) is 24.1. The van der Waals surface area contributed by atoms with Crippen molar-refractivity contribution in [3.8, 4) is 0 Å². The van der Waals surface area contributed by atoms with Gasteiger partial charge in [0.15, 0.2) is 5.96 Å². The number of benzene rings is 1. The Kier molecular flexibility index (Phi) is 11.2. The number of ether oxygens (including phenoxy) is 1. The summed E-state index contributed by atoms with van der Waals surface area (Å²) in [6.07, 6.45) is 2.58. The lowest BCUT2D eigenvalue weighted by Gasteiger charge is -2.22. The quantitative estimate of drug-likeness (QED) is 0.206. The maximum atomic E-state index is 12.2. The lowest BCUT2D eigenvalue weighted by molar-refractivity contribution is 0.115. The number of nitrogens with zero attached hydrogens (tertiary/aromatic N) is 2. The predicted molar refractivity (Wildman–Crippen MR) is 119 cm³/mol. The molecule has 1 aromatic rings. The number of nitrogens with one attached hydrogen (secondary N) is 2. The number of halogens is 1. The topological polar surface area (TPSA) is 83.0 Å². The fourth-order valence-corrected chi connectivity index (χ4v) is 3.38. The summed E-state index contributed by atoms with van der Waals surface area (Å²) in [7, 11) is -1.53. The van der Waals surface area contributed by atoms with Crippen LogP contribution in [0.25, 0.3) is 0 Å². The highest BCUT2D eigenvalue weighted by Crippen LogP contribution is 2.28. The Morgan fingerprint density at radius 2 is 2.00 bits per heavy atom. The zero-order valence-corrected chi connectivity index (χ0v) is 19.2. The average Bonchev–Trinajstić information content (AvgIpc) is 3.46. The third kappa shape index (κ3) is 9.22. The van der Waals surface area contributed by atoms with Crippen molar-refractivity contribution in [1.82, 2.24) is 14.9 Å². The van der Waals surface area contributed by atoms with E-state index >= 15 is 0 Å². The molecular formula is C18H31IN4O3S. The van der Waals surface area contributed by atoms with Crippen molar-refractivity contribution in [2.24, 2.45) is 10.9 Å². The lowest BCUT2D eigenvalue weighted by atomic mass is 10.4. The molecule has 9 heteroatoms. The second-order valence-electron chi connectivity index (χ2n) is 6.39. The van der Waals surface area contributed by atoms with Crippen molar-refractivity contribution in [3.05, 3.63) is 30.3 Å². The van der Waals surface area contributed by atoms with Crippen LogP contribution in [-0.4, -0.2) is 65.7 Å². The van der Waals surface area contributed by atoms with E-state index in [2.05, 4.69) is 15.0 Å². The number of aliphatic imine (C=N–C) groups is 1. The van der Waals surface area contributed by atoms with E-state index in [4.69, 9.17) is 4.74 Å². The monoisotopic (exact) mass is 510 g/mol.